The van der Waals surface area contributed by atoms with E-state index in [4.69, 9.17) is 14.2 Å². The highest BCUT2D eigenvalue weighted by Crippen LogP contribution is 2.27. The SMILES string of the molecule is CO[C@H]1CN(C)C(=O)c2cc(NC(=O)C3CCOCC3)ccc2OC[C@H](C)N(C)C[C@H]1C. The summed E-state index contributed by atoms with van der Waals surface area (Å²) in [6, 6.07) is 5.46. The first-order valence-electron chi connectivity index (χ1n) is 11.4. The van der Waals surface area contributed by atoms with E-state index < -0.39 is 0 Å². The van der Waals surface area contributed by atoms with Crippen molar-refractivity contribution in [3.05, 3.63) is 23.8 Å². The zero-order valence-electron chi connectivity index (χ0n) is 19.9. The van der Waals surface area contributed by atoms with E-state index in [0.29, 0.717) is 56.2 Å². The molecule has 0 saturated carbocycles. The van der Waals surface area contributed by atoms with Crippen molar-refractivity contribution in [2.75, 3.05) is 59.4 Å². The summed E-state index contributed by atoms with van der Waals surface area (Å²) in [5, 5.41) is 2.97. The third kappa shape index (κ3) is 5.99. The second-order valence-electron chi connectivity index (χ2n) is 9.12. The van der Waals surface area contributed by atoms with Gasteiger partial charge in [0.15, 0.2) is 0 Å². The van der Waals surface area contributed by atoms with Crippen LogP contribution in [-0.4, -0.2) is 87.9 Å². The quantitative estimate of drug-likeness (QED) is 0.767. The molecule has 1 aromatic carbocycles. The third-order valence-corrected chi connectivity index (χ3v) is 6.62. The summed E-state index contributed by atoms with van der Waals surface area (Å²) >= 11 is 0. The van der Waals surface area contributed by atoms with Crippen molar-refractivity contribution in [2.45, 2.75) is 38.8 Å². The number of carbonyl (C=O) groups excluding carboxylic acids is 2. The molecule has 0 unspecified atom stereocenters. The molecule has 0 aliphatic carbocycles. The van der Waals surface area contributed by atoms with Crippen molar-refractivity contribution in [1.82, 2.24) is 9.80 Å². The Morgan fingerprint density at radius 3 is 2.56 bits per heavy atom. The molecule has 2 aliphatic rings. The van der Waals surface area contributed by atoms with E-state index >= 15 is 0 Å². The third-order valence-electron chi connectivity index (χ3n) is 6.62. The fourth-order valence-corrected chi connectivity index (χ4v) is 4.24. The normalized spacial score (nSPS) is 26.5. The van der Waals surface area contributed by atoms with E-state index in [1.54, 1.807) is 37.3 Å². The van der Waals surface area contributed by atoms with Gasteiger partial charge in [0, 0.05) is 58.1 Å². The zero-order valence-corrected chi connectivity index (χ0v) is 19.9. The van der Waals surface area contributed by atoms with Gasteiger partial charge < -0.3 is 24.4 Å². The molecule has 0 aromatic heterocycles. The Bertz CT molecular complexity index is 796. The molecule has 2 aliphatic heterocycles. The topological polar surface area (TPSA) is 80.3 Å². The molecule has 1 saturated heterocycles. The maximum absolute atomic E-state index is 13.4. The van der Waals surface area contributed by atoms with Gasteiger partial charge in [-0.3, -0.25) is 14.5 Å². The number of nitrogens with one attached hydrogen (secondary N) is 1. The molecule has 2 heterocycles. The van der Waals surface area contributed by atoms with Crippen LogP contribution < -0.4 is 10.1 Å². The molecule has 8 heteroatoms. The molecule has 8 nitrogen and oxygen atoms in total. The Kier molecular flexibility index (Phi) is 8.51. The number of methoxy groups -OCH3 is 1. The highest BCUT2D eigenvalue weighted by atomic mass is 16.5. The van der Waals surface area contributed by atoms with E-state index in [1.807, 2.05) is 0 Å². The molecule has 0 radical (unpaired) electrons. The van der Waals surface area contributed by atoms with Crippen molar-refractivity contribution in [1.29, 1.82) is 0 Å². The van der Waals surface area contributed by atoms with Gasteiger partial charge >= 0.3 is 0 Å². The average Bonchev–Trinajstić information content (AvgIpc) is 2.80. The minimum Gasteiger partial charge on any atom is -0.491 e. The Hall–Kier alpha value is -2.16. The van der Waals surface area contributed by atoms with E-state index in [-0.39, 0.29) is 35.8 Å². The van der Waals surface area contributed by atoms with Gasteiger partial charge in [-0.1, -0.05) is 6.92 Å². The molecule has 2 amide bonds. The Labute approximate surface area is 191 Å². The molecular formula is C24H37N3O5. The first kappa shape index (κ1) is 24.5. The fraction of sp³-hybridized carbons (Fsp3) is 0.667. The van der Waals surface area contributed by atoms with E-state index in [0.717, 1.165) is 6.54 Å². The first-order valence-corrected chi connectivity index (χ1v) is 11.4. The maximum atomic E-state index is 13.4. The lowest BCUT2D eigenvalue weighted by atomic mass is 9.99. The number of likely N-dealkylation sites (N-methyl/N-ethyl adjacent to an activating group) is 2. The van der Waals surface area contributed by atoms with Crippen LogP contribution in [0.2, 0.25) is 0 Å². The van der Waals surface area contributed by atoms with Crippen LogP contribution in [0.1, 0.15) is 37.0 Å². The molecule has 1 fully saturated rings. The summed E-state index contributed by atoms with van der Waals surface area (Å²) in [6.07, 6.45) is 1.34. The van der Waals surface area contributed by atoms with Crippen molar-refractivity contribution in [3.63, 3.8) is 0 Å². The summed E-state index contributed by atoms with van der Waals surface area (Å²) < 4.78 is 17.1. The molecule has 0 spiro atoms. The summed E-state index contributed by atoms with van der Waals surface area (Å²) in [4.78, 5) is 29.9. The van der Waals surface area contributed by atoms with Crippen molar-refractivity contribution >= 4 is 17.5 Å². The Morgan fingerprint density at radius 2 is 1.88 bits per heavy atom. The average molecular weight is 448 g/mol. The Morgan fingerprint density at radius 1 is 1.16 bits per heavy atom. The highest BCUT2D eigenvalue weighted by Gasteiger charge is 2.28. The first-order chi connectivity index (χ1) is 15.3. The largest absolute Gasteiger partial charge is 0.491 e. The van der Waals surface area contributed by atoms with Crippen LogP contribution >= 0.6 is 0 Å². The van der Waals surface area contributed by atoms with Crippen LogP contribution in [0.25, 0.3) is 0 Å². The van der Waals surface area contributed by atoms with Gasteiger partial charge in [0.2, 0.25) is 5.91 Å². The fourth-order valence-electron chi connectivity index (χ4n) is 4.24. The molecule has 32 heavy (non-hydrogen) atoms. The lowest BCUT2D eigenvalue weighted by Crippen LogP contribution is -2.45. The maximum Gasteiger partial charge on any atom is 0.257 e. The van der Waals surface area contributed by atoms with Crippen LogP contribution in [0.5, 0.6) is 5.75 Å². The number of hydrogen-bond acceptors (Lipinski definition) is 6. The Balaban J connectivity index is 1.86. The predicted octanol–water partition coefficient (Wildman–Crippen LogP) is 2.49. The number of rotatable bonds is 3. The summed E-state index contributed by atoms with van der Waals surface area (Å²) in [6.45, 7) is 7.22. The van der Waals surface area contributed by atoms with E-state index in [1.165, 1.54) is 0 Å². The number of benzene rings is 1. The van der Waals surface area contributed by atoms with E-state index in [2.05, 4.69) is 31.1 Å². The zero-order chi connectivity index (χ0) is 23.3. The number of anilines is 1. The molecule has 1 aromatic rings. The van der Waals surface area contributed by atoms with Gasteiger partial charge in [-0.05, 0) is 50.9 Å². The van der Waals surface area contributed by atoms with Gasteiger partial charge in [0.1, 0.15) is 12.4 Å². The summed E-state index contributed by atoms with van der Waals surface area (Å²) in [5.41, 5.74) is 1.04. The van der Waals surface area contributed by atoms with Gasteiger partial charge in [-0.2, -0.15) is 0 Å². The number of nitrogens with zero attached hydrogens (tertiary/aromatic N) is 2. The summed E-state index contributed by atoms with van der Waals surface area (Å²) in [5.74, 6) is 0.504. The number of ether oxygens (including phenoxy) is 3. The molecule has 0 bridgehead atoms. The van der Waals surface area contributed by atoms with Crippen molar-refractivity contribution in [3.8, 4) is 5.75 Å². The summed E-state index contributed by atoms with van der Waals surface area (Å²) in [7, 11) is 5.54. The second kappa shape index (κ2) is 11.1. The van der Waals surface area contributed by atoms with Gasteiger partial charge in [-0.25, -0.2) is 0 Å². The lowest BCUT2D eigenvalue weighted by molar-refractivity contribution is -0.122. The molecule has 178 valence electrons. The number of fused-ring (bicyclic) bond motifs is 1. The molecule has 3 rings (SSSR count). The lowest BCUT2D eigenvalue weighted by Gasteiger charge is -2.34. The number of hydrogen-bond donors (Lipinski definition) is 1. The van der Waals surface area contributed by atoms with Gasteiger partial charge in [0.05, 0.1) is 11.7 Å². The number of amides is 2. The molecule has 1 N–H and O–H groups in total. The minimum atomic E-state index is -0.155. The molecule has 3 atom stereocenters. The van der Waals surface area contributed by atoms with Crippen LogP contribution in [0.15, 0.2) is 18.2 Å². The van der Waals surface area contributed by atoms with Crippen molar-refractivity contribution < 1.29 is 23.8 Å². The van der Waals surface area contributed by atoms with Gasteiger partial charge in [-0.15, -0.1) is 0 Å². The second-order valence-corrected chi connectivity index (χ2v) is 9.12. The van der Waals surface area contributed by atoms with Gasteiger partial charge in [0.25, 0.3) is 5.91 Å². The monoisotopic (exact) mass is 447 g/mol. The standard InChI is InChI=1S/C24H37N3O5/c1-16-13-26(3)17(2)15-32-21-7-6-19(25-23(28)18-8-10-31-11-9-18)12-20(21)24(29)27(4)14-22(16)30-5/h6-7,12,16-18,22H,8-11,13-15H2,1-5H3,(H,25,28)/t16-,17+,22+/m1/s1. The van der Waals surface area contributed by atoms with Crippen molar-refractivity contribution in [2.24, 2.45) is 11.8 Å². The van der Waals surface area contributed by atoms with Crippen LogP contribution in [0.4, 0.5) is 5.69 Å². The smallest absolute Gasteiger partial charge is 0.257 e. The minimum absolute atomic E-state index is 0.0355. The molecular weight excluding hydrogens is 410 g/mol. The van der Waals surface area contributed by atoms with Crippen LogP contribution in [0.3, 0.4) is 0 Å². The van der Waals surface area contributed by atoms with Crippen LogP contribution in [-0.2, 0) is 14.3 Å². The predicted molar refractivity (Wildman–Crippen MR) is 123 cm³/mol. The number of carbonyl (C=O) groups is 2. The highest BCUT2D eigenvalue weighted by molar-refractivity contribution is 5.99. The van der Waals surface area contributed by atoms with Crippen LogP contribution in [0, 0.1) is 11.8 Å². The van der Waals surface area contributed by atoms with E-state index in [9.17, 15) is 9.59 Å².